The molecule has 2 aromatic rings. The van der Waals surface area contributed by atoms with Crippen LogP contribution < -0.4 is 5.32 Å². The van der Waals surface area contributed by atoms with E-state index >= 15 is 0 Å². The van der Waals surface area contributed by atoms with Crippen molar-refractivity contribution in [2.45, 2.75) is 0 Å². The maximum Gasteiger partial charge on any atom is 0.255 e. The van der Waals surface area contributed by atoms with E-state index in [0.29, 0.717) is 11.3 Å². The lowest BCUT2D eigenvalue weighted by Crippen LogP contribution is -2.19. The number of rotatable bonds is 3. The van der Waals surface area contributed by atoms with Gasteiger partial charge in [-0.2, -0.15) is 0 Å². The summed E-state index contributed by atoms with van der Waals surface area (Å²) in [5.74, 6) is -0.751. The second kappa shape index (κ2) is 6.13. The minimum absolute atomic E-state index is 0.298. The first-order chi connectivity index (χ1) is 11.7. The highest BCUT2D eigenvalue weighted by Crippen LogP contribution is 2.35. The van der Waals surface area contributed by atoms with E-state index in [9.17, 15) is 9.18 Å². The summed E-state index contributed by atoms with van der Waals surface area (Å²) < 4.78 is 13.2. The predicted molar refractivity (Wildman–Crippen MR) is 95.4 cm³/mol. The molecule has 0 aliphatic carbocycles. The topological polar surface area (TPSA) is 44.7 Å². The summed E-state index contributed by atoms with van der Waals surface area (Å²) in [6.45, 7) is 1.74. The third-order valence-corrected chi connectivity index (χ3v) is 4.80. The van der Waals surface area contributed by atoms with Crippen LogP contribution in [0.25, 0.3) is 5.70 Å². The lowest BCUT2D eigenvalue weighted by atomic mass is 10.1. The van der Waals surface area contributed by atoms with E-state index in [-0.39, 0.29) is 5.91 Å². The lowest BCUT2D eigenvalue weighted by Gasteiger charge is -2.16. The summed E-state index contributed by atoms with van der Waals surface area (Å²) in [5, 5.41) is 5.93. The average Bonchev–Trinajstić information content (AvgIpc) is 3.19. The van der Waals surface area contributed by atoms with Crippen molar-refractivity contribution < 1.29 is 9.18 Å². The second-order valence-corrected chi connectivity index (χ2v) is 6.32. The van der Waals surface area contributed by atoms with Crippen molar-refractivity contribution in [3.63, 3.8) is 0 Å². The fraction of sp³-hybridized carbons (Fsp3) is 0.111. The van der Waals surface area contributed by atoms with Crippen LogP contribution in [0.5, 0.6) is 0 Å². The van der Waals surface area contributed by atoms with Gasteiger partial charge >= 0.3 is 0 Å². The third-order valence-electron chi connectivity index (χ3n) is 3.89. The number of nitrogens with zero attached hydrogens (tertiary/aromatic N) is 2. The Morgan fingerprint density at radius 3 is 2.83 bits per heavy atom. The van der Waals surface area contributed by atoms with Crippen LogP contribution in [0.3, 0.4) is 0 Å². The van der Waals surface area contributed by atoms with Gasteiger partial charge in [0, 0.05) is 23.2 Å². The molecular weight excluding hydrogens is 325 g/mol. The molecule has 4 rings (SSSR count). The summed E-state index contributed by atoms with van der Waals surface area (Å²) >= 11 is 1.64. The van der Waals surface area contributed by atoms with Gasteiger partial charge in [-0.1, -0.05) is 30.0 Å². The molecule has 0 unspecified atom stereocenters. The van der Waals surface area contributed by atoms with E-state index < -0.39 is 5.82 Å². The van der Waals surface area contributed by atoms with E-state index in [0.717, 1.165) is 29.5 Å². The van der Waals surface area contributed by atoms with Crippen molar-refractivity contribution in [2.24, 2.45) is 4.99 Å². The maximum absolute atomic E-state index is 13.2. The predicted octanol–water partition coefficient (Wildman–Crippen LogP) is 3.79. The average molecular weight is 339 g/mol. The Hall–Kier alpha value is -2.60. The van der Waals surface area contributed by atoms with Crippen molar-refractivity contribution in [1.29, 1.82) is 0 Å². The Morgan fingerprint density at radius 1 is 1.21 bits per heavy atom. The number of thioether (sulfide) groups is 1. The standard InChI is InChI=1S/C18H14FN3OS/c19-14-3-1-2-13(10-14)17(23)21-15-6-4-12(5-7-15)16-11-24-18-20-8-9-22(16)18/h1-7,10-11H,8-9H2,(H,21,23). The maximum atomic E-state index is 13.2. The highest BCUT2D eigenvalue weighted by molar-refractivity contribution is 8.16. The van der Waals surface area contributed by atoms with Gasteiger partial charge in [0.2, 0.25) is 0 Å². The molecule has 0 radical (unpaired) electrons. The molecule has 0 saturated carbocycles. The van der Waals surface area contributed by atoms with Gasteiger partial charge in [-0.3, -0.25) is 9.79 Å². The van der Waals surface area contributed by atoms with Crippen LogP contribution >= 0.6 is 11.8 Å². The van der Waals surface area contributed by atoms with Gasteiger partial charge in [-0.05, 0) is 35.9 Å². The van der Waals surface area contributed by atoms with Crippen molar-refractivity contribution in [3.8, 4) is 0 Å². The van der Waals surface area contributed by atoms with E-state index in [1.54, 1.807) is 17.8 Å². The number of benzene rings is 2. The van der Waals surface area contributed by atoms with Crippen molar-refractivity contribution >= 4 is 34.2 Å². The number of amides is 1. The number of carbonyl (C=O) groups is 1. The summed E-state index contributed by atoms with van der Waals surface area (Å²) in [7, 11) is 0. The SMILES string of the molecule is O=C(Nc1ccc(C2=CSC3=NCCN23)cc1)c1cccc(F)c1. The van der Waals surface area contributed by atoms with Crippen LogP contribution in [0.2, 0.25) is 0 Å². The number of halogens is 1. The van der Waals surface area contributed by atoms with Crippen LogP contribution in [0.1, 0.15) is 15.9 Å². The van der Waals surface area contributed by atoms with Crippen LogP contribution in [-0.2, 0) is 0 Å². The summed E-state index contributed by atoms with van der Waals surface area (Å²) in [4.78, 5) is 18.8. The van der Waals surface area contributed by atoms with E-state index in [4.69, 9.17) is 0 Å². The van der Waals surface area contributed by atoms with Crippen molar-refractivity contribution in [1.82, 2.24) is 4.90 Å². The van der Waals surface area contributed by atoms with E-state index in [1.807, 2.05) is 24.3 Å². The van der Waals surface area contributed by atoms with Gasteiger partial charge in [0.15, 0.2) is 5.17 Å². The van der Waals surface area contributed by atoms with Gasteiger partial charge in [0.25, 0.3) is 5.91 Å². The molecule has 2 heterocycles. The van der Waals surface area contributed by atoms with Crippen LogP contribution in [0.15, 0.2) is 58.9 Å². The van der Waals surface area contributed by atoms with Gasteiger partial charge in [-0.15, -0.1) is 0 Å². The molecule has 0 atom stereocenters. The molecule has 0 saturated heterocycles. The Balaban J connectivity index is 1.48. The van der Waals surface area contributed by atoms with Gasteiger partial charge in [0.1, 0.15) is 5.82 Å². The summed E-state index contributed by atoms with van der Waals surface area (Å²) in [6, 6.07) is 13.3. The quantitative estimate of drug-likeness (QED) is 0.925. The first-order valence-corrected chi connectivity index (χ1v) is 8.45. The molecule has 1 N–H and O–H groups in total. The molecule has 2 aliphatic heterocycles. The molecule has 0 bridgehead atoms. The number of aliphatic imine (C=N–C) groups is 1. The fourth-order valence-electron chi connectivity index (χ4n) is 2.70. The Kier molecular flexibility index (Phi) is 3.82. The molecule has 120 valence electrons. The van der Waals surface area contributed by atoms with Crippen molar-refractivity contribution in [2.75, 3.05) is 18.4 Å². The van der Waals surface area contributed by atoms with Crippen molar-refractivity contribution in [3.05, 3.63) is 70.9 Å². The first kappa shape index (κ1) is 15.0. The van der Waals surface area contributed by atoms with Crippen LogP contribution in [-0.4, -0.2) is 29.1 Å². The number of amidine groups is 1. The smallest absolute Gasteiger partial charge is 0.255 e. The zero-order valence-electron chi connectivity index (χ0n) is 12.7. The zero-order valence-corrected chi connectivity index (χ0v) is 13.5. The number of fused-ring (bicyclic) bond motifs is 1. The molecule has 0 spiro atoms. The molecule has 4 nitrogen and oxygen atoms in total. The number of carbonyl (C=O) groups excluding carboxylic acids is 1. The number of anilines is 1. The summed E-state index contributed by atoms with van der Waals surface area (Å²) in [6.07, 6.45) is 0. The van der Waals surface area contributed by atoms with E-state index in [1.165, 1.54) is 18.2 Å². The largest absolute Gasteiger partial charge is 0.322 e. The van der Waals surface area contributed by atoms with Crippen LogP contribution in [0, 0.1) is 5.82 Å². The minimum atomic E-state index is -0.424. The molecule has 0 aromatic heterocycles. The normalized spacial score (nSPS) is 15.8. The third kappa shape index (κ3) is 2.80. The molecule has 24 heavy (non-hydrogen) atoms. The molecule has 2 aliphatic rings. The molecule has 0 fully saturated rings. The second-order valence-electron chi connectivity index (χ2n) is 5.48. The lowest BCUT2D eigenvalue weighted by molar-refractivity contribution is 0.102. The number of hydrogen-bond donors (Lipinski definition) is 1. The first-order valence-electron chi connectivity index (χ1n) is 7.57. The van der Waals surface area contributed by atoms with Gasteiger partial charge in [-0.25, -0.2) is 4.39 Å². The van der Waals surface area contributed by atoms with E-state index in [2.05, 4.69) is 20.6 Å². The van der Waals surface area contributed by atoms with Gasteiger partial charge < -0.3 is 10.2 Å². The monoisotopic (exact) mass is 339 g/mol. The van der Waals surface area contributed by atoms with Crippen LogP contribution in [0.4, 0.5) is 10.1 Å². The zero-order chi connectivity index (χ0) is 16.5. The molecular formula is C18H14FN3OS. The molecule has 1 amide bonds. The highest BCUT2D eigenvalue weighted by Gasteiger charge is 2.26. The Bertz CT molecular complexity index is 861. The molecule has 2 aromatic carbocycles. The molecule has 6 heteroatoms. The number of nitrogens with one attached hydrogen (secondary N) is 1. The van der Waals surface area contributed by atoms with Gasteiger partial charge in [0.05, 0.1) is 12.2 Å². The summed E-state index contributed by atoms with van der Waals surface area (Å²) in [5.41, 5.74) is 3.19. The Morgan fingerprint density at radius 2 is 2.04 bits per heavy atom. The fourth-order valence-corrected chi connectivity index (χ4v) is 3.67. The highest BCUT2D eigenvalue weighted by atomic mass is 32.2. The number of hydrogen-bond acceptors (Lipinski definition) is 4. The Labute approximate surface area is 143 Å². The minimum Gasteiger partial charge on any atom is -0.322 e.